The van der Waals surface area contributed by atoms with Gasteiger partial charge >= 0.3 is 0 Å². The number of halogens is 3. The number of amides is 1. The van der Waals surface area contributed by atoms with E-state index in [2.05, 4.69) is 21.2 Å². The zero-order chi connectivity index (χ0) is 10.6. The molecule has 0 saturated carbocycles. The van der Waals surface area contributed by atoms with Crippen LogP contribution in [0.5, 0.6) is 0 Å². The Morgan fingerprint density at radius 3 is 2.71 bits per heavy atom. The summed E-state index contributed by atoms with van der Waals surface area (Å²) in [6.07, 6.45) is 1.23. The summed E-state index contributed by atoms with van der Waals surface area (Å²) >= 11 is 13.9. The smallest absolute Gasteiger partial charge is 0.255 e. The fourth-order valence-corrected chi connectivity index (χ4v) is 1.34. The molecule has 14 heavy (non-hydrogen) atoms. The zero-order valence-electron chi connectivity index (χ0n) is 6.93. The van der Waals surface area contributed by atoms with E-state index in [0.29, 0.717) is 5.56 Å². The standard InChI is InChI=1S/C9H6BrCl2NO/c10-7-3-1-2-6(4-7)9(14)13-5-8(11)12/h1-5H,(H,13,14). The van der Waals surface area contributed by atoms with Gasteiger partial charge in [0.15, 0.2) is 0 Å². The van der Waals surface area contributed by atoms with E-state index in [4.69, 9.17) is 23.2 Å². The quantitative estimate of drug-likeness (QED) is 0.889. The van der Waals surface area contributed by atoms with Gasteiger partial charge in [-0.05, 0) is 18.2 Å². The van der Waals surface area contributed by atoms with Gasteiger partial charge in [0.05, 0.1) is 0 Å². The zero-order valence-corrected chi connectivity index (χ0v) is 10.0. The minimum Gasteiger partial charge on any atom is -0.326 e. The van der Waals surface area contributed by atoms with Crippen LogP contribution in [0.15, 0.2) is 39.4 Å². The van der Waals surface area contributed by atoms with Crippen molar-refractivity contribution in [1.29, 1.82) is 0 Å². The van der Waals surface area contributed by atoms with Crippen molar-refractivity contribution in [2.75, 3.05) is 0 Å². The first-order chi connectivity index (χ1) is 6.59. The molecule has 1 aromatic carbocycles. The third kappa shape index (κ3) is 3.70. The lowest BCUT2D eigenvalue weighted by Gasteiger charge is -2.00. The van der Waals surface area contributed by atoms with Crippen molar-refractivity contribution >= 4 is 45.0 Å². The molecule has 0 heterocycles. The number of rotatable bonds is 2. The molecular formula is C9H6BrCl2NO. The highest BCUT2D eigenvalue weighted by Gasteiger charge is 2.03. The van der Waals surface area contributed by atoms with E-state index in [1.54, 1.807) is 18.2 Å². The van der Waals surface area contributed by atoms with Crippen LogP contribution in [0.25, 0.3) is 0 Å². The van der Waals surface area contributed by atoms with Gasteiger partial charge in [-0.1, -0.05) is 45.2 Å². The largest absolute Gasteiger partial charge is 0.326 e. The van der Waals surface area contributed by atoms with Crippen LogP contribution in [0.4, 0.5) is 0 Å². The van der Waals surface area contributed by atoms with Gasteiger partial charge < -0.3 is 5.32 Å². The summed E-state index contributed by atoms with van der Waals surface area (Å²) in [5.74, 6) is -0.259. The van der Waals surface area contributed by atoms with Gasteiger partial charge in [0.2, 0.25) is 0 Å². The number of benzene rings is 1. The van der Waals surface area contributed by atoms with Gasteiger partial charge in [-0.25, -0.2) is 0 Å². The normalized spacial score (nSPS) is 9.36. The Morgan fingerprint density at radius 2 is 2.14 bits per heavy atom. The van der Waals surface area contributed by atoms with Crippen LogP contribution in [-0.2, 0) is 0 Å². The van der Waals surface area contributed by atoms with Crippen molar-refractivity contribution < 1.29 is 4.79 Å². The number of hydrogen-bond acceptors (Lipinski definition) is 1. The average molecular weight is 295 g/mol. The average Bonchev–Trinajstić information content (AvgIpc) is 2.14. The molecule has 1 N–H and O–H groups in total. The van der Waals surface area contributed by atoms with Gasteiger partial charge in [0.1, 0.15) is 4.49 Å². The lowest BCUT2D eigenvalue weighted by molar-refractivity contribution is 0.0970. The van der Waals surface area contributed by atoms with Crippen LogP contribution in [0.1, 0.15) is 10.4 Å². The molecular weight excluding hydrogens is 289 g/mol. The van der Waals surface area contributed by atoms with Crippen molar-refractivity contribution in [3.63, 3.8) is 0 Å². The van der Waals surface area contributed by atoms with Crippen molar-refractivity contribution in [2.45, 2.75) is 0 Å². The Labute approximate surface area is 100 Å². The topological polar surface area (TPSA) is 29.1 Å². The van der Waals surface area contributed by atoms with Crippen LogP contribution in [-0.4, -0.2) is 5.91 Å². The molecule has 0 aliphatic heterocycles. The second-order valence-electron chi connectivity index (χ2n) is 2.42. The lowest BCUT2D eigenvalue weighted by Crippen LogP contribution is -2.16. The van der Waals surface area contributed by atoms with E-state index in [1.807, 2.05) is 6.07 Å². The summed E-state index contributed by atoms with van der Waals surface area (Å²) in [6, 6.07) is 6.99. The van der Waals surface area contributed by atoms with E-state index < -0.39 is 0 Å². The third-order valence-electron chi connectivity index (χ3n) is 1.40. The van der Waals surface area contributed by atoms with Gasteiger partial charge in [-0.3, -0.25) is 4.79 Å². The lowest BCUT2D eigenvalue weighted by atomic mass is 10.2. The first-order valence-corrected chi connectivity index (χ1v) is 5.22. The van der Waals surface area contributed by atoms with Gasteiger partial charge in [-0.15, -0.1) is 0 Å². The highest BCUT2D eigenvalue weighted by molar-refractivity contribution is 9.10. The second-order valence-corrected chi connectivity index (χ2v) is 4.34. The molecule has 1 aromatic rings. The molecule has 0 aromatic heterocycles. The maximum Gasteiger partial charge on any atom is 0.255 e. The molecule has 0 bridgehead atoms. The summed E-state index contributed by atoms with van der Waals surface area (Å²) < 4.78 is 0.847. The first-order valence-electron chi connectivity index (χ1n) is 3.67. The summed E-state index contributed by atoms with van der Waals surface area (Å²) in [4.78, 5) is 11.4. The number of carbonyl (C=O) groups excluding carboxylic acids is 1. The number of nitrogens with one attached hydrogen (secondary N) is 1. The Bertz CT molecular complexity index is 375. The van der Waals surface area contributed by atoms with Crippen molar-refractivity contribution in [3.05, 3.63) is 45.0 Å². The SMILES string of the molecule is O=C(NC=C(Cl)Cl)c1cccc(Br)c1. The molecule has 5 heteroatoms. The molecule has 0 radical (unpaired) electrons. The highest BCUT2D eigenvalue weighted by Crippen LogP contribution is 2.11. The summed E-state index contributed by atoms with van der Waals surface area (Å²) in [6.45, 7) is 0. The molecule has 1 amide bonds. The summed E-state index contributed by atoms with van der Waals surface area (Å²) in [5.41, 5.74) is 0.533. The van der Waals surface area contributed by atoms with Crippen molar-refractivity contribution in [2.24, 2.45) is 0 Å². The van der Waals surface area contributed by atoms with E-state index in [-0.39, 0.29) is 10.4 Å². The van der Waals surface area contributed by atoms with Crippen LogP contribution >= 0.6 is 39.1 Å². The molecule has 0 unspecified atom stereocenters. The minimum atomic E-state index is -0.259. The monoisotopic (exact) mass is 293 g/mol. The third-order valence-corrected chi connectivity index (χ3v) is 2.11. The maximum absolute atomic E-state index is 11.4. The Morgan fingerprint density at radius 1 is 1.43 bits per heavy atom. The van der Waals surface area contributed by atoms with Crippen LogP contribution < -0.4 is 5.32 Å². The van der Waals surface area contributed by atoms with Gasteiger partial charge in [0.25, 0.3) is 5.91 Å². The molecule has 0 fully saturated rings. The summed E-state index contributed by atoms with van der Waals surface area (Å²) in [7, 11) is 0. The van der Waals surface area contributed by atoms with Crippen LogP contribution in [0.2, 0.25) is 0 Å². The number of carbonyl (C=O) groups is 1. The number of hydrogen-bond donors (Lipinski definition) is 1. The fourth-order valence-electron chi connectivity index (χ4n) is 0.833. The summed E-state index contributed by atoms with van der Waals surface area (Å²) in [5, 5.41) is 2.44. The highest BCUT2D eigenvalue weighted by atomic mass is 79.9. The molecule has 1 rings (SSSR count). The predicted octanol–water partition coefficient (Wildman–Crippen LogP) is 3.46. The fraction of sp³-hybridized carbons (Fsp3) is 0. The van der Waals surface area contributed by atoms with Crippen molar-refractivity contribution in [3.8, 4) is 0 Å². The maximum atomic E-state index is 11.4. The molecule has 74 valence electrons. The minimum absolute atomic E-state index is 0.00773. The molecule has 0 saturated heterocycles. The van der Waals surface area contributed by atoms with Crippen LogP contribution in [0, 0.1) is 0 Å². The predicted molar refractivity (Wildman–Crippen MR) is 61.4 cm³/mol. The van der Waals surface area contributed by atoms with Crippen molar-refractivity contribution in [1.82, 2.24) is 5.32 Å². The van der Waals surface area contributed by atoms with E-state index in [1.165, 1.54) is 6.20 Å². The molecule has 0 aliphatic rings. The van der Waals surface area contributed by atoms with E-state index in [0.717, 1.165) is 4.47 Å². The van der Waals surface area contributed by atoms with E-state index >= 15 is 0 Å². The Kier molecular flexibility index (Phi) is 4.45. The molecule has 0 atom stereocenters. The Balaban J connectivity index is 2.75. The molecule has 0 spiro atoms. The van der Waals surface area contributed by atoms with E-state index in [9.17, 15) is 4.79 Å². The van der Waals surface area contributed by atoms with Crippen LogP contribution in [0.3, 0.4) is 0 Å². The van der Waals surface area contributed by atoms with Gasteiger partial charge in [-0.2, -0.15) is 0 Å². The molecule has 0 aliphatic carbocycles. The first kappa shape index (κ1) is 11.6. The van der Waals surface area contributed by atoms with Gasteiger partial charge in [0, 0.05) is 16.2 Å². The molecule has 2 nitrogen and oxygen atoms in total. The Hall–Kier alpha value is -0.510. The second kappa shape index (κ2) is 5.39.